The van der Waals surface area contributed by atoms with Gasteiger partial charge in [0.25, 0.3) is 0 Å². The van der Waals surface area contributed by atoms with Crippen molar-refractivity contribution in [2.45, 2.75) is 57.8 Å². The number of hydrogen-bond acceptors (Lipinski definition) is 2. The highest BCUT2D eigenvalue weighted by atomic mass is 16.2. The summed E-state index contributed by atoms with van der Waals surface area (Å²) in [5.74, 6) is 1.52. The Balaban J connectivity index is 1.42. The first-order valence-corrected chi connectivity index (χ1v) is 8.80. The minimum Gasteiger partial charge on any atom is -0.343 e. The van der Waals surface area contributed by atoms with Crippen LogP contribution in [0.15, 0.2) is 0 Å². The van der Waals surface area contributed by atoms with Crippen LogP contribution in [0.3, 0.4) is 0 Å². The fourth-order valence-electron chi connectivity index (χ4n) is 4.13. The molecule has 2 saturated heterocycles. The first-order chi connectivity index (χ1) is 10.2. The number of amides is 2. The zero-order chi connectivity index (χ0) is 14.7. The van der Waals surface area contributed by atoms with Gasteiger partial charge in [-0.2, -0.15) is 0 Å². The van der Waals surface area contributed by atoms with Gasteiger partial charge < -0.3 is 9.80 Å². The van der Waals surface area contributed by atoms with Gasteiger partial charge in [-0.05, 0) is 44.4 Å². The normalized spacial score (nSPS) is 24.8. The summed E-state index contributed by atoms with van der Waals surface area (Å²) < 4.78 is 0. The van der Waals surface area contributed by atoms with Crippen LogP contribution < -0.4 is 0 Å². The number of carbonyl (C=O) groups excluding carboxylic acids is 2. The van der Waals surface area contributed by atoms with Crippen molar-refractivity contribution in [3.63, 3.8) is 0 Å². The standard InChI is InChI=1S/C17H28N2O2/c20-16(18-9-3-4-10-18)13-14-7-11-19(12-8-14)17(21)15-5-1-2-6-15/h14-15H,1-13H2. The van der Waals surface area contributed by atoms with Gasteiger partial charge in [-0.15, -0.1) is 0 Å². The molecule has 0 radical (unpaired) electrons. The lowest BCUT2D eigenvalue weighted by Gasteiger charge is -2.34. The smallest absolute Gasteiger partial charge is 0.225 e. The highest BCUT2D eigenvalue weighted by molar-refractivity contribution is 5.79. The highest BCUT2D eigenvalue weighted by Gasteiger charge is 2.31. The lowest BCUT2D eigenvalue weighted by molar-refractivity contribution is -0.137. The molecule has 0 spiro atoms. The van der Waals surface area contributed by atoms with E-state index in [4.69, 9.17) is 0 Å². The molecular weight excluding hydrogens is 264 g/mol. The van der Waals surface area contributed by atoms with E-state index >= 15 is 0 Å². The third-order valence-corrected chi connectivity index (χ3v) is 5.55. The summed E-state index contributed by atoms with van der Waals surface area (Å²) in [7, 11) is 0. The van der Waals surface area contributed by atoms with Gasteiger partial charge in [-0.1, -0.05) is 12.8 Å². The van der Waals surface area contributed by atoms with Crippen LogP contribution >= 0.6 is 0 Å². The number of hydrogen-bond donors (Lipinski definition) is 0. The van der Waals surface area contributed by atoms with Gasteiger partial charge in [-0.25, -0.2) is 0 Å². The van der Waals surface area contributed by atoms with Crippen molar-refractivity contribution in [3.05, 3.63) is 0 Å². The molecule has 3 aliphatic rings. The van der Waals surface area contributed by atoms with Crippen molar-refractivity contribution >= 4 is 11.8 Å². The Morgan fingerprint density at radius 2 is 1.38 bits per heavy atom. The summed E-state index contributed by atoms with van der Waals surface area (Å²) >= 11 is 0. The Kier molecular flexibility index (Phi) is 4.81. The third-order valence-electron chi connectivity index (χ3n) is 5.55. The van der Waals surface area contributed by atoms with Gasteiger partial charge in [0.15, 0.2) is 0 Å². The monoisotopic (exact) mass is 292 g/mol. The first kappa shape index (κ1) is 14.9. The summed E-state index contributed by atoms with van der Waals surface area (Å²) in [6.45, 7) is 3.65. The van der Waals surface area contributed by atoms with Crippen LogP contribution in [0.1, 0.15) is 57.8 Å². The molecule has 1 aliphatic carbocycles. The average molecular weight is 292 g/mol. The van der Waals surface area contributed by atoms with Crippen LogP contribution in [0, 0.1) is 11.8 Å². The molecule has 3 fully saturated rings. The molecule has 0 atom stereocenters. The maximum Gasteiger partial charge on any atom is 0.225 e. The SMILES string of the molecule is O=C(CC1CCN(C(=O)C2CCCC2)CC1)N1CCCC1. The summed E-state index contributed by atoms with van der Waals surface area (Å²) in [5, 5.41) is 0. The molecule has 1 saturated carbocycles. The third kappa shape index (κ3) is 3.58. The molecule has 0 aromatic carbocycles. The van der Waals surface area contributed by atoms with Crippen molar-refractivity contribution in [1.82, 2.24) is 9.80 Å². The predicted octanol–water partition coefficient (Wildman–Crippen LogP) is 2.43. The van der Waals surface area contributed by atoms with E-state index in [9.17, 15) is 9.59 Å². The molecule has 0 bridgehead atoms. The summed E-state index contributed by atoms with van der Waals surface area (Å²) in [6, 6.07) is 0. The number of piperidine rings is 1. The average Bonchev–Trinajstić information content (AvgIpc) is 3.20. The fourth-order valence-corrected chi connectivity index (χ4v) is 4.13. The fraction of sp³-hybridized carbons (Fsp3) is 0.882. The lowest BCUT2D eigenvalue weighted by Crippen LogP contribution is -2.42. The van der Waals surface area contributed by atoms with Crippen molar-refractivity contribution in [2.75, 3.05) is 26.2 Å². The second kappa shape index (κ2) is 6.80. The van der Waals surface area contributed by atoms with Crippen molar-refractivity contribution < 1.29 is 9.59 Å². The van der Waals surface area contributed by atoms with Gasteiger partial charge in [0.05, 0.1) is 0 Å². The van der Waals surface area contributed by atoms with Crippen LogP contribution in [0.25, 0.3) is 0 Å². The first-order valence-electron chi connectivity index (χ1n) is 8.80. The van der Waals surface area contributed by atoms with Crippen LogP contribution in [0.4, 0.5) is 0 Å². The van der Waals surface area contributed by atoms with E-state index in [0.29, 0.717) is 30.1 Å². The Hall–Kier alpha value is -1.06. The number of rotatable bonds is 3. The molecule has 4 heteroatoms. The molecule has 21 heavy (non-hydrogen) atoms. The molecule has 0 N–H and O–H groups in total. The van der Waals surface area contributed by atoms with Crippen LogP contribution in [0.2, 0.25) is 0 Å². The zero-order valence-electron chi connectivity index (χ0n) is 13.1. The minimum atomic E-state index is 0.299. The molecule has 2 heterocycles. The maximum absolute atomic E-state index is 12.4. The quantitative estimate of drug-likeness (QED) is 0.801. The highest BCUT2D eigenvalue weighted by Crippen LogP contribution is 2.29. The zero-order valence-corrected chi connectivity index (χ0v) is 13.1. The Morgan fingerprint density at radius 1 is 0.762 bits per heavy atom. The van der Waals surface area contributed by atoms with Gasteiger partial charge in [0.2, 0.25) is 11.8 Å². The van der Waals surface area contributed by atoms with E-state index in [1.165, 1.54) is 25.7 Å². The van der Waals surface area contributed by atoms with Gasteiger partial charge >= 0.3 is 0 Å². The minimum absolute atomic E-state index is 0.299. The van der Waals surface area contributed by atoms with E-state index in [2.05, 4.69) is 4.90 Å². The van der Waals surface area contributed by atoms with Crippen molar-refractivity contribution in [2.24, 2.45) is 11.8 Å². The molecule has 4 nitrogen and oxygen atoms in total. The van der Waals surface area contributed by atoms with E-state index in [1.54, 1.807) is 0 Å². The predicted molar refractivity (Wildman–Crippen MR) is 81.7 cm³/mol. The van der Waals surface area contributed by atoms with E-state index < -0.39 is 0 Å². The summed E-state index contributed by atoms with van der Waals surface area (Å²) in [5.41, 5.74) is 0. The molecule has 2 amide bonds. The molecule has 3 rings (SSSR count). The molecular formula is C17H28N2O2. The molecule has 0 unspecified atom stereocenters. The molecule has 118 valence electrons. The van der Waals surface area contributed by atoms with E-state index in [0.717, 1.165) is 51.9 Å². The van der Waals surface area contributed by atoms with Gasteiger partial charge in [0, 0.05) is 38.5 Å². The number of carbonyl (C=O) groups is 2. The second-order valence-electron chi connectivity index (χ2n) is 7.04. The Morgan fingerprint density at radius 3 is 2.00 bits per heavy atom. The van der Waals surface area contributed by atoms with Crippen LogP contribution in [0.5, 0.6) is 0 Å². The van der Waals surface area contributed by atoms with E-state index in [1.807, 2.05) is 4.90 Å². The Bertz CT molecular complexity index is 376. The molecule has 0 aromatic heterocycles. The van der Waals surface area contributed by atoms with Crippen LogP contribution in [-0.2, 0) is 9.59 Å². The number of likely N-dealkylation sites (tertiary alicyclic amines) is 2. The maximum atomic E-state index is 12.4. The molecule has 2 aliphatic heterocycles. The van der Waals surface area contributed by atoms with Gasteiger partial charge in [0.1, 0.15) is 0 Å². The van der Waals surface area contributed by atoms with Gasteiger partial charge in [-0.3, -0.25) is 9.59 Å². The topological polar surface area (TPSA) is 40.6 Å². The van der Waals surface area contributed by atoms with Crippen molar-refractivity contribution in [3.8, 4) is 0 Å². The second-order valence-corrected chi connectivity index (χ2v) is 7.04. The Labute approximate surface area is 127 Å². The van der Waals surface area contributed by atoms with E-state index in [-0.39, 0.29) is 0 Å². The number of nitrogens with zero attached hydrogens (tertiary/aromatic N) is 2. The van der Waals surface area contributed by atoms with Crippen molar-refractivity contribution in [1.29, 1.82) is 0 Å². The summed E-state index contributed by atoms with van der Waals surface area (Å²) in [6.07, 6.45) is 9.68. The molecule has 0 aromatic rings. The van der Waals surface area contributed by atoms with Crippen LogP contribution in [-0.4, -0.2) is 47.8 Å². The lowest BCUT2D eigenvalue weighted by atomic mass is 9.92. The summed E-state index contributed by atoms with van der Waals surface area (Å²) in [4.78, 5) is 28.7. The largest absolute Gasteiger partial charge is 0.343 e.